The second-order valence-electron chi connectivity index (χ2n) is 30.4. The predicted molar refractivity (Wildman–Crippen MR) is 438 cm³/mol. The molecule has 2 aromatic rings. The molecule has 15 amide bonds. The number of nitrogens with two attached hydrogens (primary N) is 4. The number of aromatic nitrogens is 2. The molecule has 0 bridgehead atoms. The molecule has 119 heavy (non-hydrogen) atoms. The number of benzene rings is 1. The lowest BCUT2D eigenvalue weighted by molar-refractivity contribution is -0.142. The van der Waals surface area contributed by atoms with Crippen molar-refractivity contribution in [3.8, 4) is 0 Å². The fourth-order valence-corrected chi connectivity index (χ4v) is 12.4. The van der Waals surface area contributed by atoms with Gasteiger partial charge in [0.2, 0.25) is 88.6 Å². The lowest BCUT2D eigenvalue weighted by Gasteiger charge is -2.29. The van der Waals surface area contributed by atoms with E-state index in [1.807, 2.05) is 13.8 Å². The molecule has 1 aromatic carbocycles. The minimum atomic E-state index is -2.01. The molecule has 0 aliphatic heterocycles. The molecule has 0 aliphatic rings. The number of hydrogen-bond donors (Lipinski definition) is 24. The van der Waals surface area contributed by atoms with Gasteiger partial charge < -0.3 is 123 Å². The monoisotopic (exact) mass is 1700 g/mol. The Balaban J connectivity index is 2.46. The third-order valence-electron chi connectivity index (χ3n) is 18.7. The Morgan fingerprint density at radius 3 is 1.44 bits per heavy atom. The number of guanidine groups is 1. The van der Waals surface area contributed by atoms with Crippen LogP contribution in [0.2, 0.25) is 0 Å². The van der Waals surface area contributed by atoms with Crippen molar-refractivity contribution in [1.82, 2.24) is 89.7 Å². The molecule has 0 unspecified atom stereocenters. The van der Waals surface area contributed by atoms with Gasteiger partial charge >= 0.3 is 11.9 Å². The van der Waals surface area contributed by atoms with Gasteiger partial charge in [-0.2, -0.15) is 11.8 Å². The smallest absolute Gasteiger partial charge is 0.326 e. The highest BCUT2D eigenvalue weighted by molar-refractivity contribution is 7.98. The van der Waals surface area contributed by atoms with Gasteiger partial charge in [-0.1, -0.05) is 106 Å². The zero-order chi connectivity index (χ0) is 89.8. The maximum absolute atomic E-state index is 14.8. The number of rotatable bonds is 58. The number of H-pyrrole nitrogens is 1. The van der Waals surface area contributed by atoms with Crippen LogP contribution in [0.5, 0.6) is 0 Å². The molecule has 1 heterocycles. The van der Waals surface area contributed by atoms with E-state index >= 15 is 0 Å². The predicted octanol–water partition coefficient (Wildman–Crippen LogP) is -5.02. The van der Waals surface area contributed by atoms with E-state index in [-0.39, 0.29) is 94.4 Å². The molecule has 42 nitrogen and oxygen atoms in total. The molecule has 0 aliphatic carbocycles. The Morgan fingerprint density at radius 2 is 0.941 bits per heavy atom. The Labute approximate surface area is 696 Å². The van der Waals surface area contributed by atoms with E-state index in [2.05, 4.69) is 89.7 Å². The number of carbonyl (C=O) groups excluding carboxylic acids is 15. The minimum absolute atomic E-state index is 0.0580. The number of hydrogen-bond acceptors (Lipinski definition) is 23. The summed E-state index contributed by atoms with van der Waals surface area (Å²) in [4.78, 5) is 240. The topological polar surface area (TPSA) is 688 Å². The van der Waals surface area contributed by atoms with Crippen molar-refractivity contribution in [3.63, 3.8) is 0 Å². The third kappa shape index (κ3) is 39.8. The molecule has 0 saturated heterocycles. The fraction of sp³-hybridized carbons (Fsp3) is 0.645. The van der Waals surface area contributed by atoms with Gasteiger partial charge in [0.15, 0.2) is 5.96 Å². The Hall–Kier alpha value is -11.1. The highest BCUT2D eigenvalue weighted by Gasteiger charge is 2.39. The lowest BCUT2D eigenvalue weighted by Crippen LogP contribution is -2.62. The van der Waals surface area contributed by atoms with Gasteiger partial charge in [0.1, 0.15) is 78.5 Å². The van der Waals surface area contributed by atoms with Crippen LogP contribution in [0.25, 0.3) is 0 Å². The highest BCUT2D eigenvalue weighted by atomic mass is 32.2. The van der Waals surface area contributed by atoms with E-state index in [0.717, 1.165) is 0 Å². The number of aliphatic carboxylic acids is 2. The molecule has 0 fully saturated rings. The molecule has 0 radical (unpaired) electrons. The van der Waals surface area contributed by atoms with Gasteiger partial charge in [-0.25, -0.2) is 9.78 Å². The second kappa shape index (κ2) is 54.8. The van der Waals surface area contributed by atoms with Crippen molar-refractivity contribution in [3.05, 3.63) is 54.1 Å². The van der Waals surface area contributed by atoms with E-state index < -0.39 is 236 Å². The lowest BCUT2D eigenvalue weighted by atomic mass is 9.96. The average molecular weight is 1700 g/mol. The van der Waals surface area contributed by atoms with Crippen LogP contribution in [0.3, 0.4) is 0 Å². The molecule has 28 N–H and O–H groups in total. The summed E-state index contributed by atoms with van der Waals surface area (Å²) in [6.45, 7) is 14.5. The van der Waals surface area contributed by atoms with E-state index in [9.17, 15) is 96.8 Å². The summed E-state index contributed by atoms with van der Waals surface area (Å²) in [5, 5.41) is 75.8. The fourth-order valence-electron chi connectivity index (χ4n) is 11.9. The van der Waals surface area contributed by atoms with Crippen LogP contribution in [-0.2, 0) is 94.3 Å². The average Bonchev–Trinajstić information content (AvgIpc) is 0.884. The van der Waals surface area contributed by atoms with Gasteiger partial charge in [0, 0.05) is 32.0 Å². The summed E-state index contributed by atoms with van der Waals surface area (Å²) in [7, 11) is 0. The summed E-state index contributed by atoms with van der Waals surface area (Å²) in [6, 6.07) is -11.3. The van der Waals surface area contributed by atoms with Crippen molar-refractivity contribution < 1.29 is 96.8 Å². The van der Waals surface area contributed by atoms with Crippen molar-refractivity contribution in [2.24, 2.45) is 52.5 Å². The van der Waals surface area contributed by atoms with E-state index in [0.29, 0.717) is 24.1 Å². The largest absolute Gasteiger partial charge is 0.481 e. The zero-order valence-electron chi connectivity index (χ0n) is 69.5. The maximum Gasteiger partial charge on any atom is 0.326 e. The summed E-state index contributed by atoms with van der Waals surface area (Å²) in [5.41, 5.74) is 23.3. The number of primary amides is 1. The Morgan fingerprint density at radius 1 is 0.487 bits per heavy atom. The van der Waals surface area contributed by atoms with Gasteiger partial charge in [-0.3, -0.25) is 82.1 Å². The molecule has 43 heteroatoms. The summed E-state index contributed by atoms with van der Waals surface area (Å²) in [6.07, 6.45) is 2.76. The van der Waals surface area contributed by atoms with Crippen LogP contribution < -0.4 is 103 Å². The number of aliphatic hydroxyl groups excluding tert-OH is 1. The molecule has 1 aromatic heterocycles. The van der Waals surface area contributed by atoms with E-state index in [1.165, 1.54) is 38.1 Å². The first-order valence-electron chi connectivity index (χ1n) is 39.6. The minimum Gasteiger partial charge on any atom is -0.481 e. The Bertz CT molecular complexity index is 3690. The number of imidazole rings is 1. The molecule has 0 saturated carbocycles. The SMILES string of the molecule is CC[C@H](C)[C@H](NC(=O)[C@@H](NC(=O)CNC(=O)[C@H](CCSC)NC(=O)[C@H](CC(=O)O)NC(=O)[C@H](CO)NC(=O)[C@@H](NC(=O)[C@H](CCC(N)=O)NC(=O)[C@H](CCCCN)NC(=O)[C@H](Cc1ccccc1)NC(=O)[C@H](CCCNC(=N)N)NC(=O)[C@H](CC(C)C)NC(=O)[C@H](CC(C)C)NC(=O)CN)C(C)C)C(C)C)C(=O)N[C@@H](Cc1c[nH]cn1)C(=O)O. The van der Waals surface area contributed by atoms with E-state index in [1.54, 1.807) is 78.1 Å². The summed E-state index contributed by atoms with van der Waals surface area (Å²) in [5.74, 6) is -19.8. The molecule has 666 valence electrons. The molecular weight excluding hydrogens is 1570 g/mol. The van der Waals surface area contributed by atoms with Crippen LogP contribution in [0.4, 0.5) is 0 Å². The number of aliphatic hydroxyl groups is 1. The van der Waals surface area contributed by atoms with Crippen LogP contribution in [-0.4, -0.2) is 255 Å². The normalized spacial score (nSPS) is 14.7. The first-order chi connectivity index (χ1) is 56.1. The summed E-state index contributed by atoms with van der Waals surface area (Å²) >= 11 is 1.23. The van der Waals surface area contributed by atoms with Gasteiger partial charge in [-0.05, 0) is 111 Å². The van der Waals surface area contributed by atoms with Crippen molar-refractivity contribution in [2.45, 2.75) is 238 Å². The number of carboxylic acids is 2. The first-order valence-corrected chi connectivity index (χ1v) is 41.0. The Kier molecular flexibility index (Phi) is 47.9. The number of nitrogens with one attached hydrogen (secondary N) is 17. The van der Waals surface area contributed by atoms with Gasteiger partial charge in [0.25, 0.3) is 0 Å². The number of carbonyl (C=O) groups is 17. The number of thioether (sulfide) groups is 1. The van der Waals surface area contributed by atoms with E-state index in [4.69, 9.17) is 28.3 Å². The van der Waals surface area contributed by atoms with Crippen LogP contribution >= 0.6 is 11.8 Å². The highest BCUT2D eigenvalue weighted by Crippen LogP contribution is 2.17. The standard InChI is InChI=1S/C76H126N22O20S/c1-12-43(10)62(74(116)94-54(75(117)118)32-45-35-82-38-85-45)98-73(115)60(41(6)7)96-58(102)36-84-63(105)49(25-28-119-11)90-70(112)53(33-59(103)104)93-71(113)55(37-99)95-72(114)61(42(8)9)97-66(108)48(23-24-56(79)100)89-64(106)46(21-16-17-26-77)87-69(111)52(31-44-19-14-13-15-20-44)92-65(107)47(22-18-27-83-76(80)81)88-68(110)51(30-40(4)5)91-67(109)50(29-39(2)3)86-57(101)34-78/h13-15,19-20,35,38-43,46-55,60-62,99H,12,16-18,21-34,36-37,77-78H2,1-11H3,(H2,79,100)(H,82,85)(H,84,105)(H,86,101)(H,87,111)(H,88,110)(H,89,106)(H,90,112)(H,91,109)(H,92,107)(H,93,113)(H,94,116)(H,95,114)(H,96,102)(H,97,108)(H,98,115)(H,103,104)(H,117,118)(H4,80,81,83)/t43-,46-,47-,48-,49-,50-,51-,52-,53-,54-,55-,60-,61-,62-/m0/s1. The van der Waals surface area contributed by atoms with Crippen molar-refractivity contribution in [1.29, 1.82) is 5.41 Å². The quantitative estimate of drug-likeness (QED) is 0.0167. The maximum atomic E-state index is 14.8. The number of aromatic amines is 1. The molecular formula is C76H126N22O20S. The second-order valence-corrected chi connectivity index (χ2v) is 31.4. The van der Waals surface area contributed by atoms with Gasteiger partial charge in [0.05, 0.1) is 38.1 Å². The molecule has 14 atom stereocenters. The van der Waals surface area contributed by atoms with Crippen molar-refractivity contribution in [2.75, 3.05) is 44.8 Å². The number of carboxylic acid groups (broad SMARTS) is 2. The first kappa shape index (κ1) is 104. The number of amides is 15. The third-order valence-corrected chi connectivity index (χ3v) is 19.3. The van der Waals surface area contributed by atoms with Gasteiger partial charge in [-0.15, -0.1) is 0 Å². The van der Waals surface area contributed by atoms with Crippen molar-refractivity contribution >= 4 is 118 Å². The van der Waals surface area contributed by atoms with Crippen LogP contribution in [0.15, 0.2) is 42.9 Å². The molecule has 2 rings (SSSR count). The number of unbranched alkanes of at least 4 members (excludes halogenated alkanes) is 1. The van der Waals surface area contributed by atoms with Crippen LogP contribution in [0.1, 0.15) is 158 Å². The zero-order valence-corrected chi connectivity index (χ0v) is 70.3. The molecule has 0 spiro atoms. The summed E-state index contributed by atoms with van der Waals surface area (Å²) < 4.78 is 0. The van der Waals surface area contributed by atoms with Crippen LogP contribution in [0, 0.1) is 35.0 Å². The number of nitrogens with zero attached hydrogens (tertiary/aromatic N) is 1.